The molecule has 4 aromatic rings. The Bertz CT molecular complexity index is 893. The maximum atomic E-state index is 5.89. The van der Waals surface area contributed by atoms with Gasteiger partial charge in [0.05, 0.1) is 5.56 Å². The molecule has 0 radical (unpaired) electrons. The van der Waals surface area contributed by atoms with E-state index in [2.05, 4.69) is 9.97 Å². The van der Waals surface area contributed by atoms with Gasteiger partial charge in [-0.2, -0.15) is 0 Å². The molecule has 3 aromatic heterocycles. The first kappa shape index (κ1) is 12.1. The lowest BCUT2D eigenvalue weighted by molar-refractivity contribution is 0.629. The Balaban J connectivity index is 1.79. The quantitative estimate of drug-likeness (QED) is 0.601. The molecular weight excluding hydrogens is 282 g/mol. The summed E-state index contributed by atoms with van der Waals surface area (Å²) in [6.45, 7) is 0. The van der Waals surface area contributed by atoms with Crippen molar-refractivity contribution in [3.05, 3.63) is 54.0 Å². The first-order valence-corrected chi connectivity index (χ1v) is 7.34. The van der Waals surface area contributed by atoms with Crippen LogP contribution < -0.4 is 5.73 Å². The minimum atomic E-state index is 0.489. The van der Waals surface area contributed by atoms with Gasteiger partial charge in [-0.15, -0.1) is 11.3 Å². The normalized spacial score (nSPS) is 11.0. The lowest BCUT2D eigenvalue weighted by Gasteiger charge is -1.98. The minimum absolute atomic E-state index is 0.489. The van der Waals surface area contributed by atoms with E-state index in [9.17, 15) is 0 Å². The van der Waals surface area contributed by atoms with Crippen LogP contribution in [-0.2, 0) is 0 Å². The molecule has 0 saturated heterocycles. The molecule has 0 aliphatic heterocycles. The first-order chi connectivity index (χ1) is 10.3. The fraction of sp³-hybridized carbons (Fsp3) is 0. The number of rotatable bonds is 2. The van der Waals surface area contributed by atoms with Crippen LogP contribution in [-0.4, -0.2) is 9.97 Å². The number of fused-ring (bicyclic) bond motifs is 1. The zero-order valence-corrected chi connectivity index (χ0v) is 11.8. The highest BCUT2D eigenvalue weighted by Crippen LogP contribution is 2.33. The van der Waals surface area contributed by atoms with E-state index >= 15 is 0 Å². The first-order valence-electron chi connectivity index (χ1n) is 6.46. The van der Waals surface area contributed by atoms with Crippen molar-refractivity contribution in [3.63, 3.8) is 0 Å². The second-order valence-electron chi connectivity index (χ2n) is 4.62. The van der Waals surface area contributed by atoms with Crippen LogP contribution in [0.2, 0.25) is 0 Å². The van der Waals surface area contributed by atoms with E-state index in [0.29, 0.717) is 5.82 Å². The van der Waals surface area contributed by atoms with Crippen molar-refractivity contribution in [2.45, 2.75) is 0 Å². The molecule has 2 N–H and O–H groups in total. The number of pyridine rings is 1. The average molecular weight is 293 g/mol. The van der Waals surface area contributed by atoms with Crippen molar-refractivity contribution >= 4 is 28.1 Å². The summed E-state index contributed by atoms with van der Waals surface area (Å²) in [7, 11) is 0. The summed E-state index contributed by atoms with van der Waals surface area (Å²) in [5, 5.41) is 3.89. The Morgan fingerprint density at radius 2 is 2.00 bits per heavy atom. The predicted molar refractivity (Wildman–Crippen MR) is 85.0 cm³/mol. The van der Waals surface area contributed by atoms with Crippen molar-refractivity contribution in [3.8, 4) is 22.0 Å². The monoisotopic (exact) mass is 293 g/mol. The second kappa shape index (κ2) is 4.71. The predicted octanol–water partition coefficient (Wildman–Crippen LogP) is 4.20. The second-order valence-corrected chi connectivity index (χ2v) is 5.48. The minimum Gasteiger partial charge on any atom is -0.454 e. The summed E-state index contributed by atoms with van der Waals surface area (Å²) in [5.74, 6) is 1.25. The highest BCUT2D eigenvalue weighted by molar-refractivity contribution is 7.13. The number of nitrogens with zero attached hydrogens (tertiary/aromatic N) is 2. The Morgan fingerprint density at radius 1 is 1.10 bits per heavy atom. The van der Waals surface area contributed by atoms with Gasteiger partial charge in [0, 0.05) is 17.0 Å². The van der Waals surface area contributed by atoms with Crippen molar-refractivity contribution in [2.24, 2.45) is 0 Å². The van der Waals surface area contributed by atoms with Crippen molar-refractivity contribution in [1.29, 1.82) is 0 Å². The summed E-state index contributed by atoms with van der Waals surface area (Å²) in [5.41, 5.74) is 8.42. The topological polar surface area (TPSA) is 64.9 Å². The van der Waals surface area contributed by atoms with Crippen LogP contribution >= 0.6 is 11.3 Å². The van der Waals surface area contributed by atoms with Gasteiger partial charge in [-0.05, 0) is 24.3 Å². The molecule has 4 rings (SSSR count). The number of para-hydroxylation sites is 1. The molecule has 102 valence electrons. The molecule has 1 aromatic carbocycles. The number of aromatic nitrogens is 2. The van der Waals surface area contributed by atoms with Gasteiger partial charge in [0.25, 0.3) is 0 Å². The molecule has 0 saturated carbocycles. The van der Waals surface area contributed by atoms with E-state index in [-0.39, 0.29) is 0 Å². The molecule has 0 atom stereocenters. The molecule has 0 bridgehead atoms. The number of benzene rings is 1. The SMILES string of the molecule is Nc1ncccc1-c1nc(-c2cc3ccccc3o2)cs1. The van der Waals surface area contributed by atoms with Crippen molar-refractivity contribution < 1.29 is 4.42 Å². The lowest BCUT2D eigenvalue weighted by atomic mass is 10.2. The molecule has 0 spiro atoms. The largest absolute Gasteiger partial charge is 0.454 e. The molecule has 21 heavy (non-hydrogen) atoms. The molecule has 0 fully saturated rings. The van der Waals surface area contributed by atoms with Crippen LogP contribution in [0.25, 0.3) is 33.0 Å². The van der Waals surface area contributed by atoms with Crippen LogP contribution in [0, 0.1) is 0 Å². The zero-order valence-electron chi connectivity index (χ0n) is 11.0. The van der Waals surface area contributed by atoms with E-state index in [1.165, 1.54) is 11.3 Å². The van der Waals surface area contributed by atoms with Gasteiger partial charge in [0.15, 0.2) is 5.76 Å². The Labute approximate surface area is 124 Å². The standard InChI is InChI=1S/C16H11N3OS/c17-15-11(5-3-7-18-15)16-19-12(9-21-16)14-8-10-4-1-2-6-13(10)20-14/h1-9H,(H2,17,18). The highest BCUT2D eigenvalue weighted by Gasteiger charge is 2.12. The van der Waals surface area contributed by atoms with E-state index < -0.39 is 0 Å². The highest BCUT2D eigenvalue weighted by atomic mass is 32.1. The summed E-state index contributed by atoms with van der Waals surface area (Å²) in [6, 6.07) is 13.7. The molecule has 0 amide bonds. The molecule has 0 aliphatic carbocycles. The summed E-state index contributed by atoms with van der Waals surface area (Å²) in [6.07, 6.45) is 1.67. The number of anilines is 1. The van der Waals surface area contributed by atoms with Crippen LogP contribution in [0.5, 0.6) is 0 Å². The smallest absolute Gasteiger partial charge is 0.154 e. The fourth-order valence-electron chi connectivity index (χ4n) is 2.22. The third-order valence-electron chi connectivity index (χ3n) is 3.25. The van der Waals surface area contributed by atoms with Crippen LogP contribution in [0.3, 0.4) is 0 Å². The lowest BCUT2D eigenvalue weighted by Crippen LogP contribution is -1.92. The van der Waals surface area contributed by atoms with Crippen molar-refractivity contribution in [1.82, 2.24) is 9.97 Å². The number of nitrogen functional groups attached to an aromatic ring is 1. The van der Waals surface area contributed by atoms with E-state index in [1.807, 2.05) is 47.8 Å². The van der Waals surface area contributed by atoms with Gasteiger partial charge in [-0.3, -0.25) is 0 Å². The molecular formula is C16H11N3OS. The Morgan fingerprint density at radius 3 is 2.86 bits per heavy atom. The van der Waals surface area contributed by atoms with Gasteiger partial charge >= 0.3 is 0 Å². The third kappa shape index (κ3) is 2.08. The summed E-state index contributed by atoms with van der Waals surface area (Å²) in [4.78, 5) is 8.70. The average Bonchev–Trinajstić information content (AvgIpc) is 3.14. The van der Waals surface area contributed by atoms with Gasteiger partial charge in [0.2, 0.25) is 0 Å². The third-order valence-corrected chi connectivity index (χ3v) is 4.13. The van der Waals surface area contributed by atoms with E-state index in [4.69, 9.17) is 10.2 Å². The van der Waals surface area contributed by atoms with Gasteiger partial charge in [-0.1, -0.05) is 18.2 Å². The molecule has 5 heteroatoms. The number of hydrogen-bond acceptors (Lipinski definition) is 5. The maximum absolute atomic E-state index is 5.89. The number of thiazole rings is 1. The molecule has 0 unspecified atom stereocenters. The number of furan rings is 1. The van der Waals surface area contributed by atoms with Crippen LogP contribution in [0.15, 0.2) is 58.5 Å². The molecule has 3 heterocycles. The van der Waals surface area contributed by atoms with Gasteiger partial charge in [-0.25, -0.2) is 9.97 Å². The summed E-state index contributed by atoms with van der Waals surface area (Å²) >= 11 is 1.53. The Hall–Kier alpha value is -2.66. The Kier molecular flexibility index (Phi) is 2.72. The zero-order chi connectivity index (χ0) is 14.2. The fourth-order valence-corrected chi connectivity index (χ4v) is 3.06. The molecule has 0 aliphatic rings. The van der Waals surface area contributed by atoms with Crippen LogP contribution in [0.4, 0.5) is 5.82 Å². The van der Waals surface area contributed by atoms with Gasteiger partial charge in [0.1, 0.15) is 22.1 Å². The van der Waals surface area contributed by atoms with E-state index in [1.54, 1.807) is 6.20 Å². The van der Waals surface area contributed by atoms with Crippen LogP contribution in [0.1, 0.15) is 0 Å². The van der Waals surface area contributed by atoms with Crippen molar-refractivity contribution in [2.75, 3.05) is 5.73 Å². The maximum Gasteiger partial charge on any atom is 0.154 e. The number of nitrogens with two attached hydrogens (primary N) is 1. The van der Waals surface area contributed by atoms with Gasteiger partial charge < -0.3 is 10.2 Å². The molecule has 4 nitrogen and oxygen atoms in total. The van der Waals surface area contributed by atoms with E-state index in [0.717, 1.165) is 33.0 Å². The number of hydrogen-bond donors (Lipinski definition) is 1. The summed E-state index contributed by atoms with van der Waals surface area (Å²) < 4.78 is 5.83.